The number of guanidine groups is 1. The fourth-order valence-corrected chi connectivity index (χ4v) is 10.4. The van der Waals surface area contributed by atoms with E-state index in [0.717, 1.165) is 42.6 Å². The van der Waals surface area contributed by atoms with E-state index in [4.69, 9.17) is 17.2 Å². The van der Waals surface area contributed by atoms with E-state index in [-0.39, 0.29) is 81.2 Å². The number of unbranched alkanes of at least 4 members (excludes halogenated alkanes) is 4. The number of hydrogen-bond acceptors (Lipinski definition) is 12. The molecule has 2 aliphatic rings. The molecule has 10 amide bonds. The van der Waals surface area contributed by atoms with Crippen LogP contribution in [0.25, 0.3) is 0 Å². The third-order valence-corrected chi connectivity index (χ3v) is 15.1. The number of primary amides is 1. The molecule has 25 nitrogen and oxygen atoms in total. The normalized spacial score (nSPS) is 17.4. The summed E-state index contributed by atoms with van der Waals surface area (Å²) in [7, 11) is 1.37. The number of nitrogens with zero attached hydrogens (tertiary/aromatic N) is 4. The third-order valence-electron chi connectivity index (χ3n) is 15.1. The summed E-state index contributed by atoms with van der Waals surface area (Å²) in [5.41, 5.74) is 17.2. The van der Waals surface area contributed by atoms with Crippen LogP contribution in [0, 0.1) is 17.8 Å². The van der Waals surface area contributed by atoms with Crippen molar-refractivity contribution in [3.63, 3.8) is 0 Å². The Morgan fingerprint density at radius 3 is 1.90 bits per heavy atom. The number of likely N-dealkylation sites (tertiary alicyclic amines) is 2. The number of likely N-dealkylation sites (N-methyl/N-ethyl adjacent to an activating group) is 1. The summed E-state index contributed by atoms with van der Waals surface area (Å²) in [5.74, 6) is -9.10. The molecule has 1 aromatic rings. The molecule has 2 heterocycles. The number of benzene rings is 1. The lowest BCUT2D eigenvalue weighted by atomic mass is 9.97. The summed E-state index contributed by atoms with van der Waals surface area (Å²) < 4.78 is 0. The van der Waals surface area contributed by atoms with Crippen LogP contribution in [0.1, 0.15) is 157 Å². The van der Waals surface area contributed by atoms with Gasteiger partial charge in [0.15, 0.2) is 5.96 Å². The number of nitrogens with two attached hydrogens (primary N) is 3. The number of aliphatic carboxylic acids is 1. The van der Waals surface area contributed by atoms with Crippen molar-refractivity contribution in [3.8, 4) is 0 Å². The molecule has 83 heavy (non-hydrogen) atoms. The molecular weight excluding hydrogens is 1070 g/mol. The Morgan fingerprint density at radius 1 is 0.687 bits per heavy atom. The Morgan fingerprint density at radius 2 is 1.30 bits per heavy atom. The second-order valence-electron chi connectivity index (χ2n) is 22.9. The summed E-state index contributed by atoms with van der Waals surface area (Å²) in [5, 5.41) is 25.7. The maximum absolute atomic E-state index is 14.6. The molecule has 3 rings (SSSR count). The molecule has 0 saturated carbocycles. The van der Waals surface area contributed by atoms with Crippen molar-refractivity contribution in [2.24, 2.45) is 39.9 Å². The Labute approximate surface area is 488 Å². The van der Waals surface area contributed by atoms with Crippen LogP contribution in [0.15, 0.2) is 35.3 Å². The molecule has 13 N–H and O–H groups in total. The van der Waals surface area contributed by atoms with Gasteiger partial charge in [0, 0.05) is 39.5 Å². The number of amides is 10. The molecular formula is C58H95N13O12. The minimum atomic E-state index is -1.76. The molecule has 1 aromatic carbocycles. The molecule has 464 valence electrons. The van der Waals surface area contributed by atoms with E-state index in [1.165, 1.54) is 11.9 Å². The van der Waals surface area contributed by atoms with Crippen LogP contribution in [0.4, 0.5) is 0 Å². The van der Waals surface area contributed by atoms with Gasteiger partial charge in [0.1, 0.15) is 48.3 Å². The zero-order valence-corrected chi connectivity index (χ0v) is 50.0. The molecule has 0 spiro atoms. The molecule has 0 radical (unpaired) electrons. The van der Waals surface area contributed by atoms with Crippen LogP contribution in [-0.4, -0.2) is 172 Å². The Bertz CT molecular complexity index is 2390. The molecule has 25 heteroatoms. The second kappa shape index (κ2) is 35.6. The van der Waals surface area contributed by atoms with Crippen molar-refractivity contribution in [2.45, 2.75) is 206 Å². The highest BCUT2D eigenvalue weighted by Gasteiger charge is 2.43. The minimum Gasteiger partial charge on any atom is -0.481 e. The van der Waals surface area contributed by atoms with Crippen LogP contribution in [0.3, 0.4) is 0 Å². The van der Waals surface area contributed by atoms with Crippen LogP contribution in [0.5, 0.6) is 0 Å². The van der Waals surface area contributed by atoms with Crippen molar-refractivity contribution in [2.75, 3.05) is 33.2 Å². The molecule has 0 aliphatic carbocycles. The molecule has 9 atom stereocenters. The van der Waals surface area contributed by atoms with Gasteiger partial charge in [0.25, 0.3) is 0 Å². The Kier molecular flexibility index (Phi) is 30.0. The number of rotatable bonds is 36. The van der Waals surface area contributed by atoms with Crippen molar-refractivity contribution in [3.05, 3.63) is 35.9 Å². The van der Waals surface area contributed by atoms with E-state index in [2.05, 4.69) is 43.8 Å². The highest BCUT2D eigenvalue weighted by molar-refractivity contribution is 5.99. The van der Waals surface area contributed by atoms with Crippen LogP contribution in [0.2, 0.25) is 0 Å². The van der Waals surface area contributed by atoms with Gasteiger partial charge in [-0.3, -0.25) is 57.7 Å². The monoisotopic (exact) mass is 1170 g/mol. The molecule has 0 unspecified atom stereocenters. The number of aliphatic imine (C=N–C) groups is 1. The van der Waals surface area contributed by atoms with Gasteiger partial charge in [-0.2, -0.15) is 0 Å². The fourth-order valence-electron chi connectivity index (χ4n) is 10.4. The lowest BCUT2D eigenvalue weighted by Gasteiger charge is -2.35. The second-order valence-corrected chi connectivity index (χ2v) is 22.9. The van der Waals surface area contributed by atoms with Gasteiger partial charge in [-0.15, -0.1) is 0 Å². The first-order valence-corrected chi connectivity index (χ1v) is 29.5. The number of carbonyl (C=O) groups excluding carboxylic acids is 10. The first kappa shape index (κ1) is 69.9. The summed E-state index contributed by atoms with van der Waals surface area (Å²) >= 11 is 0. The number of nitrogens with one attached hydrogen (secondary N) is 6. The highest BCUT2D eigenvalue weighted by Crippen LogP contribution is 2.25. The van der Waals surface area contributed by atoms with Crippen molar-refractivity contribution >= 4 is 71.0 Å². The average molecular weight is 1170 g/mol. The Hall–Kier alpha value is -7.34. The number of carboxylic acids is 1. The van der Waals surface area contributed by atoms with Gasteiger partial charge in [0.05, 0.1) is 13.0 Å². The smallest absolute Gasteiger partial charge is 0.305 e. The lowest BCUT2D eigenvalue weighted by molar-refractivity contribution is -0.149. The van der Waals surface area contributed by atoms with Gasteiger partial charge < -0.3 is 68.9 Å². The first-order valence-electron chi connectivity index (χ1n) is 29.5. The maximum Gasteiger partial charge on any atom is 0.305 e. The standard InChI is InChI=1S/C58H95N13O12/c1-9-11-12-13-17-26-47(73)70-28-19-24-43(70)54(80)66-40(32-38-21-15-14-16-22-38)51(77)63-34-46(72)64-42(30-35(3)4)56(82)71-29-20-25-44(71)57(83)69(8)45(31-36(5)6)55(81)67-41(33-48(74)75)53(79)65-39(23-18-27-62-58(60)61)52(78)68-49(50(59)76)37(7)10-2/h14-16,21-22,35-37,39-45,49H,9-13,17-20,23-34H2,1-8H3,(H2,59,76)(H,63,77)(H,64,72)(H,65,79)(H,66,80)(H,67,81)(H,68,78)(H,74,75)(H4,60,61,62)/t37-,39-,40-,41-,42-,43-,44-,45-,49-/m0/s1. The molecule has 2 saturated heterocycles. The average Bonchev–Trinajstić information content (AvgIpc) is 4.36. The largest absolute Gasteiger partial charge is 0.481 e. The highest BCUT2D eigenvalue weighted by atomic mass is 16.4. The van der Waals surface area contributed by atoms with E-state index in [1.807, 2.05) is 19.9 Å². The van der Waals surface area contributed by atoms with E-state index in [0.29, 0.717) is 38.6 Å². The number of carboxylic acid groups (broad SMARTS) is 1. The van der Waals surface area contributed by atoms with E-state index >= 15 is 0 Å². The zero-order chi connectivity index (χ0) is 61.9. The molecule has 2 aliphatic heterocycles. The maximum atomic E-state index is 14.6. The van der Waals surface area contributed by atoms with Gasteiger partial charge >= 0.3 is 5.97 Å². The third kappa shape index (κ3) is 23.4. The summed E-state index contributed by atoms with van der Waals surface area (Å²) in [6.45, 7) is 13.0. The van der Waals surface area contributed by atoms with Crippen molar-refractivity contribution in [1.29, 1.82) is 0 Å². The van der Waals surface area contributed by atoms with Crippen LogP contribution < -0.4 is 49.1 Å². The van der Waals surface area contributed by atoms with Gasteiger partial charge in [-0.05, 0) is 81.1 Å². The summed E-state index contributed by atoms with van der Waals surface area (Å²) in [6.07, 6.45) is 6.81. The SMILES string of the molecule is CCCCCCCC(=O)N1CCC[C@H]1C(=O)N[C@@H](Cc1ccccc1)C(=O)NCC(=O)N[C@@H](CC(C)C)C(=O)N1CCC[C@H]1C(=O)N(C)[C@@H](CC(C)C)C(=O)N[C@@H](CC(=O)O)C(=O)N[C@@H](CCCN=C(N)N)C(=O)N[C@H](C(N)=O)[C@@H](C)CC. The lowest BCUT2D eigenvalue weighted by Crippen LogP contribution is -2.60. The molecule has 0 aromatic heterocycles. The fraction of sp³-hybridized carbons (Fsp3) is 0.690. The van der Waals surface area contributed by atoms with E-state index in [1.54, 1.807) is 56.9 Å². The quantitative estimate of drug-likeness (QED) is 0.0256. The Balaban J connectivity index is 1.79. The van der Waals surface area contributed by atoms with E-state index in [9.17, 15) is 57.8 Å². The predicted molar refractivity (Wildman–Crippen MR) is 312 cm³/mol. The van der Waals surface area contributed by atoms with Gasteiger partial charge in [-0.1, -0.05) is 111 Å². The van der Waals surface area contributed by atoms with E-state index < -0.39 is 120 Å². The summed E-state index contributed by atoms with van der Waals surface area (Å²) in [6, 6.07) is -0.578. The topological polar surface area (TPSA) is 380 Å². The minimum absolute atomic E-state index is 0.0433. The zero-order valence-electron chi connectivity index (χ0n) is 50.0. The van der Waals surface area contributed by atoms with Gasteiger partial charge in [0.2, 0.25) is 59.1 Å². The predicted octanol–water partition coefficient (Wildman–Crippen LogP) is 1.09. The first-order chi connectivity index (χ1) is 39.3. The van der Waals surface area contributed by atoms with Crippen molar-refractivity contribution < 1.29 is 57.8 Å². The number of carbonyl (C=O) groups is 11. The van der Waals surface area contributed by atoms with Crippen LogP contribution in [-0.2, 0) is 59.2 Å². The molecule has 2 fully saturated rings. The summed E-state index contributed by atoms with van der Waals surface area (Å²) in [4.78, 5) is 158. The van der Waals surface area contributed by atoms with Crippen LogP contribution >= 0.6 is 0 Å². The van der Waals surface area contributed by atoms with Gasteiger partial charge in [-0.25, -0.2) is 0 Å². The van der Waals surface area contributed by atoms with Crippen molar-refractivity contribution in [1.82, 2.24) is 46.6 Å². The number of hydrogen-bond donors (Lipinski definition) is 10. The molecule has 0 bridgehead atoms.